The highest BCUT2D eigenvalue weighted by Crippen LogP contribution is 2.47. The van der Waals surface area contributed by atoms with Crippen LogP contribution in [0, 0.1) is 0 Å². The Bertz CT molecular complexity index is 2520. The Balaban J connectivity index is 1.27. The molecule has 9 rings (SSSR count). The first-order valence-corrected chi connectivity index (χ1v) is 17.3. The summed E-state index contributed by atoms with van der Waals surface area (Å²) in [6, 6.07) is 74.9. The molecule has 0 aliphatic heterocycles. The third-order valence-electron chi connectivity index (χ3n) is 9.91. The van der Waals surface area contributed by atoms with Crippen LogP contribution >= 0.6 is 0 Å². The Labute approximate surface area is 293 Å². The molecule has 0 atom stereocenters. The SMILES string of the molecule is c1ccc(-c2ccc(-c3ccc(-c4ccccc4)c(-c4c5ccccc5c(-c5ccc(-c6ccccc6)cc5)c5ccccc45)c3)cc2)cc1. The molecule has 0 spiro atoms. The molecule has 234 valence electrons. The molecule has 9 aromatic rings. The highest BCUT2D eigenvalue weighted by Gasteiger charge is 2.20. The minimum atomic E-state index is 1.20. The van der Waals surface area contributed by atoms with Crippen LogP contribution in [0.5, 0.6) is 0 Å². The van der Waals surface area contributed by atoms with E-state index >= 15 is 0 Å². The molecule has 0 fully saturated rings. The second-order valence-electron chi connectivity index (χ2n) is 12.9. The molecule has 0 radical (unpaired) electrons. The van der Waals surface area contributed by atoms with Gasteiger partial charge in [-0.3, -0.25) is 0 Å². The normalized spacial score (nSPS) is 11.2. The average molecular weight is 635 g/mol. The zero-order chi connectivity index (χ0) is 33.3. The van der Waals surface area contributed by atoms with E-state index in [1.165, 1.54) is 88.3 Å². The molecule has 9 aromatic carbocycles. The van der Waals surface area contributed by atoms with Crippen molar-refractivity contribution in [1.29, 1.82) is 0 Å². The molecule has 0 aliphatic rings. The molecule has 0 bridgehead atoms. The second kappa shape index (κ2) is 12.8. The third kappa shape index (κ3) is 5.38. The highest BCUT2D eigenvalue weighted by atomic mass is 14.2. The van der Waals surface area contributed by atoms with Crippen molar-refractivity contribution in [2.75, 3.05) is 0 Å². The van der Waals surface area contributed by atoms with Crippen LogP contribution in [-0.4, -0.2) is 0 Å². The maximum absolute atomic E-state index is 2.41. The fraction of sp³-hybridized carbons (Fsp3) is 0. The van der Waals surface area contributed by atoms with Crippen LogP contribution in [0.4, 0.5) is 0 Å². The first kappa shape index (κ1) is 29.6. The summed E-state index contributed by atoms with van der Waals surface area (Å²) in [7, 11) is 0. The second-order valence-corrected chi connectivity index (χ2v) is 12.9. The topological polar surface area (TPSA) is 0 Å². The molecule has 0 amide bonds. The molecule has 0 unspecified atom stereocenters. The van der Waals surface area contributed by atoms with E-state index in [2.05, 4.69) is 206 Å². The molecular weight excluding hydrogens is 601 g/mol. The van der Waals surface area contributed by atoms with Gasteiger partial charge in [0.05, 0.1) is 0 Å². The third-order valence-corrected chi connectivity index (χ3v) is 9.91. The van der Waals surface area contributed by atoms with Gasteiger partial charge in [-0.15, -0.1) is 0 Å². The minimum absolute atomic E-state index is 1.20. The molecule has 0 saturated carbocycles. The van der Waals surface area contributed by atoms with Gasteiger partial charge >= 0.3 is 0 Å². The van der Waals surface area contributed by atoms with Gasteiger partial charge in [-0.05, 0) is 94.4 Å². The van der Waals surface area contributed by atoms with Gasteiger partial charge in [-0.2, -0.15) is 0 Å². The molecule has 0 aliphatic carbocycles. The van der Waals surface area contributed by atoms with Gasteiger partial charge in [0.2, 0.25) is 0 Å². The summed E-state index contributed by atoms with van der Waals surface area (Å²) in [6.45, 7) is 0. The van der Waals surface area contributed by atoms with E-state index < -0.39 is 0 Å². The first-order chi connectivity index (χ1) is 24.8. The van der Waals surface area contributed by atoms with Crippen molar-refractivity contribution in [3.8, 4) is 66.8 Å². The van der Waals surface area contributed by atoms with Crippen LogP contribution < -0.4 is 0 Å². The van der Waals surface area contributed by atoms with E-state index in [0.717, 1.165) is 0 Å². The van der Waals surface area contributed by atoms with E-state index in [-0.39, 0.29) is 0 Å². The predicted octanol–water partition coefficient (Wildman–Crippen LogP) is 14.0. The number of rotatable bonds is 6. The molecule has 0 heteroatoms. The van der Waals surface area contributed by atoms with Gasteiger partial charge in [0.15, 0.2) is 0 Å². The largest absolute Gasteiger partial charge is 0.0622 e. The van der Waals surface area contributed by atoms with Crippen molar-refractivity contribution in [3.63, 3.8) is 0 Å². The van der Waals surface area contributed by atoms with E-state index in [9.17, 15) is 0 Å². The molecule has 50 heavy (non-hydrogen) atoms. The van der Waals surface area contributed by atoms with E-state index in [1.807, 2.05) is 0 Å². The summed E-state index contributed by atoms with van der Waals surface area (Å²) in [5.74, 6) is 0. The average Bonchev–Trinajstić information content (AvgIpc) is 3.21. The number of fused-ring (bicyclic) bond motifs is 2. The summed E-state index contributed by atoms with van der Waals surface area (Å²) in [6.07, 6.45) is 0. The first-order valence-electron chi connectivity index (χ1n) is 17.3. The van der Waals surface area contributed by atoms with E-state index in [1.54, 1.807) is 0 Å². The maximum Gasteiger partial charge on any atom is -0.00199 e. The standard InChI is InChI=1S/C50H34/c1-4-14-35(15-5-1)37-24-26-39(27-25-37)42-32-33-43(40-18-8-3-9-19-40)48(34-42)50-46-22-12-10-20-44(46)49(45-21-11-13-23-47(45)50)41-30-28-38(29-31-41)36-16-6-2-7-17-36/h1-34H. The van der Waals surface area contributed by atoms with Crippen molar-refractivity contribution in [1.82, 2.24) is 0 Å². The van der Waals surface area contributed by atoms with Gasteiger partial charge < -0.3 is 0 Å². The lowest BCUT2D eigenvalue weighted by Crippen LogP contribution is -1.93. The summed E-state index contributed by atoms with van der Waals surface area (Å²) in [5.41, 5.74) is 14.7. The maximum atomic E-state index is 2.41. The lowest BCUT2D eigenvalue weighted by molar-refractivity contribution is 1.57. The van der Waals surface area contributed by atoms with Gasteiger partial charge in [0, 0.05) is 0 Å². The zero-order valence-electron chi connectivity index (χ0n) is 27.6. The van der Waals surface area contributed by atoms with Gasteiger partial charge in [-0.1, -0.05) is 200 Å². The Morgan fingerprint density at radius 2 is 0.500 bits per heavy atom. The van der Waals surface area contributed by atoms with Crippen molar-refractivity contribution >= 4 is 21.5 Å². The van der Waals surface area contributed by atoms with Crippen LogP contribution in [-0.2, 0) is 0 Å². The Hall–Kier alpha value is -6.50. The van der Waals surface area contributed by atoms with Crippen molar-refractivity contribution in [3.05, 3.63) is 206 Å². The van der Waals surface area contributed by atoms with Crippen LogP contribution in [0.25, 0.3) is 88.3 Å². The van der Waals surface area contributed by atoms with Crippen molar-refractivity contribution in [2.24, 2.45) is 0 Å². The Morgan fingerprint density at radius 1 is 0.180 bits per heavy atom. The van der Waals surface area contributed by atoms with Crippen LogP contribution in [0.15, 0.2) is 206 Å². The molecule has 0 saturated heterocycles. The fourth-order valence-electron chi connectivity index (χ4n) is 7.48. The van der Waals surface area contributed by atoms with E-state index in [4.69, 9.17) is 0 Å². The quantitative estimate of drug-likeness (QED) is 0.160. The lowest BCUT2D eigenvalue weighted by Gasteiger charge is -2.20. The van der Waals surface area contributed by atoms with E-state index in [0.29, 0.717) is 0 Å². The van der Waals surface area contributed by atoms with Gasteiger partial charge in [0.1, 0.15) is 0 Å². The number of hydrogen-bond donors (Lipinski definition) is 0. The Kier molecular flexibility index (Phi) is 7.61. The predicted molar refractivity (Wildman–Crippen MR) is 214 cm³/mol. The monoisotopic (exact) mass is 634 g/mol. The van der Waals surface area contributed by atoms with Crippen LogP contribution in [0.2, 0.25) is 0 Å². The van der Waals surface area contributed by atoms with Crippen molar-refractivity contribution in [2.45, 2.75) is 0 Å². The minimum Gasteiger partial charge on any atom is -0.0622 e. The number of benzene rings is 9. The van der Waals surface area contributed by atoms with Crippen LogP contribution in [0.1, 0.15) is 0 Å². The molecule has 0 heterocycles. The summed E-state index contributed by atoms with van der Waals surface area (Å²) in [4.78, 5) is 0. The summed E-state index contributed by atoms with van der Waals surface area (Å²) < 4.78 is 0. The highest BCUT2D eigenvalue weighted by molar-refractivity contribution is 6.22. The van der Waals surface area contributed by atoms with Gasteiger partial charge in [-0.25, -0.2) is 0 Å². The fourth-order valence-corrected chi connectivity index (χ4v) is 7.48. The number of hydrogen-bond acceptors (Lipinski definition) is 0. The summed E-state index contributed by atoms with van der Waals surface area (Å²) in [5, 5.41) is 5.01. The molecule has 0 aromatic heterocycles. The molecular formula is C50H34. The van der Waals surface area contributed by atoms with Crippen molar-refractivity contribution < 1.29 is 0 Å². The zero-order valence-corrected chi connectivity index (χ0v) is 27.6. The molecule has 0 nitrogen and oxygen atoms in total. The smallest absolute Gasteiger partial charge is 0.00199 e. The summed E-state index contributed by atoms with van der Waals surface area (Å²) >= 11 is 0. The molecule has 0 N–H and O–H groups in total. The lowest BCUT2D eigenvalue weighted by atomic mass is 9.82. The van der Waals surface area contributed by atoms with Gasteiger partial charge in [0.25, 0.3) is 0 Å². The van der Waals surface area contributed by atoms with Crippen LogP contribution in [0.3, 0.4) is 0 Å². The Morgan fingerprint density at radius 3 is 0.960 bits per heavy atom.